The van der Waals surface area contributed by atoms with Crippen molar-refractivity contribution in [2.24, 2.45) is 0 Å². The van der Waals surface area contributed by atoms with Crippen molar-refractivity contribution in [2.75, 3.05) is 18.0 Å². The Bertz CT molecular complexity index is 1120. The van der Waals surface area contributed by atoms with E-state index in [9.17, 15) is 4.79 Å². The molecule has 2 saturated heterocycles. The Labute approximate surface area is 183 Å². The van der Waals surface area contributed by atoms with Gasteiger partial charge in [0.05, 0.1) is 29.5 Å². The van der Waals surface area contributed by atoms with Crippen LogP contribution < -0.4 is 4.90 Å². The zero-order chi connectivity index (χ0) is 21.0. The summed E-state index contributed by atoms with van der Waals surface area (Å²) in [6.45, 7) is 7.10. The maximum Gasteiger partial charge on any atom is 0.410 e. The molecule has 30 heavy (non-hydrogen) atoms. The van der Waals surface area contributed by atoms with Crippen molar-refractivity contribution in [2.45, 2.75) is 44.9 Å². The van der Waals surface area contributed by atoms with Crippen molar-refractivity contribution >= 4 is 38.7 Å². The molecule has 0 aromatic carbocycles. The van der Waals surface area contributed by atoms with Crippen LogP contribution in [0.25, 0.3) is 16.6 Å². The zero-order valence-electron chi connectivity index (χ0n) is 17.1. The van der Waals surface area contributed by atoms with Crippen LogP contribution in [0.15, 0.2) is 41.4 Å². The molecule has 0 saturated carbocycles. The number of rotatable bonds is 2. The van der Waals surface area contributed by atoms with E-state index in [-0.39, 0.29) is 18.2 Å². The standard InChI is InChI=1S/C21H23BrN6O2/c1-21(2,3)30-20(29)27-12-14-8-15(27)11-26(14)18-9-13(4-7-24-18)28-17-10-23-6-5-16(17)19(22)25-28/h4-7,9-10,14-15H,8,11-12H2,1-3H3/t14-,15-/m0/s1. The van der Waals surface area contributed by atoms with Gasteiger partial charge in [0.15, 0.2) is 0 Å². The second-order valence-electron chi connectivity index (χ2n) is 8.80. The average molecular weight is 471 g/mol. The normalized spacial score (nSPS) is 20.9. The van der Waals surface area contributed by atoms with Gasteiger partial charge in [-0.25, -0.2) is 14.5 Å². The van der Waals surface area contributed by atoms with E-state index in [0.29, 0.717) is 6.54 Å². The molecule has 0 radical (unpaired) electrons. The Hall–Kier alpha value is -2.68. The van der Waals surface area contributed by atoms with E-state index >= 15 is 0 Å². The lowest BCUT2D eigenvalue weighted by molar-refractivity contribution is 0.0214. The molecule has 2 fully saturated rings. The summed E-state index contributed by atoms with van der Waals surface area (Å²) in [7, 11) is 0. The third-order valence-electron chi connectivity index (χ3n) is 5.57. The van der Waals surface area contributed by atoms with E-state index in [1.165, 1.54) is 0 Å². The first-order valence-corrected chi connectivity index (χ1v) is 10.8. The van der Waals surface area contributed by atoms with Crippen molar-refractivity contribution in [3.8, 4) is 5.69 Å². The van der Waals surface area contributed by atoms with Crippen LogP contribution in [-0.2, 0) is 4.74 Å². The molecule has 3 aromatic heterocycles. The molecular weight excluding hydrogens is 448 g/mol. The van der Waals surface area contributed by atoms with Crippen LogP contribution in [0.3, 0.4) is 0 Å². The number of nitrogens with zero attached hydrogens (tertiary/aromatic N) is 6. The number of ether oxygens (including phenoxy) is 1. The molecule has 0 unspecified atom stereocenters. The number of halogens is 1. The van der Waals surface area contributed by atoms with Gasteiger partial charge in [0.2, 0.25) is 0 Å². The summed E-state index contributed by atoms with van der Waals surface area (Å²) in [6, 6.07) is 6.32. The third-order valence-corrected chi connectivity index (χ3v) is 6.16. The molecule has 8 nitrogen and oxygen atoms in total. The van der Waals surface area contributed by atoms with E-state index in [0.717, 1.165) is 40.0 Å². The summed E-state index contributed by atoms with van der Waals surface area (Å²) in [5.74, 6) is 0.896. The molecule has 2 aliphatic heterocycles. The van der Waals surface area contributed by atoms with Gasteiger partial charge in [-0.15, -0.1) is 0 Å². The van der Waals surface area contributed by atoms with Crippen molar-refractivity contribution in [1.82, 2.24) is 24.6 Å². The summed E-state index contributed by atoms with van der Waals surface area (Å²) in [5, 5.41) is 5.63. The summed E-state index contributed by atoms with van der Waals surface area (Å²) in [5.41, 5.74) is 1.38. The van der Waals surface area contributed by atoms with Gasteiger partial charge in [0.1, 0.15) is 16.0 Å². The second kappa shape index (κ2) is 6.94. The highest BCUT2D eigenvalue weighted by molar-refractivity contribution is 9.10. The van der Waals surface area contributed by atoms with Crippen LogP contribution in [-0.4, -0.2) is 61.5 Å². The molecule has 2 aliphatic rings. The van der Waals surface area contributed by atoms with E-state index < -0.39 is 5.60 Å². The fourth-order valence-electron chi connectivity index (χ4n) is 4.31. The number of carbonyl (C=O) groups excluding carboxylic acids is 1. The maximum absolute atomic E-state index is 12.5. The lowest BCUT2D eigenvalue weighted by atomic mass is 10.2. The van der Waals surface area contributed by atoms with Crippen LogP contribution in [0.4, 0.5) is 10.6 Å². The predicted octanol–water partition coefficient (Wildman–Crippen LogP) is 3.78. The monoisotopic (exact) mass is 470 g/mol. The van der Waals surface area contributed by atoms with Gasteiger partial charge < -0.3 is 14.5 Å². The first-order valence-electron chi connectivity index (χ1n) is 10.0. The van der Waals surface area contributed by atoms with Crippen LogP contribution in [0.5, 0.6) is 0 Å². The molecule has 1 amide bonds. The van der Waals surface area contributed by atoms with E-state index in [2.05, 4.69) is 35.9 Å². The maximum atomic E-state index is 12.5. The summed E-state index contributed by atoms with van der Waals surface area (Å²) in [6.07, 6.45) is 6.08. The van der Waals surface area contributed by atoms with Gasteiger partial charge in [-0.1, -0.05) is 0 Å². The fraction of sp³-hybridized carbons (Fsp3) is 0.429. The minimum Gasteiger partial charge on any atom is -0.444 e. The first-order chi connectivity index (χ1) is 14.3. The molecule has 0 spiro atoms. The van der Waals surface area contributed by atoms with Crippen LogP contribution in [0, 0.1) is 0 Å². The highest BCUT2D eigenvalue weighted by Gasteiger charge is 2.47. The first kappa shape index (κ1) is 19.3. The van der Waals surface area contributed by atoms with Crippen molar-refractivity contribution in [3.63, 3.8) is 0 Å². The minimum atomic E-state index is -0.482. The molecule has 0 aliphatic carbocycles. The number of anilines is 1. The van der Waals surface area contributed by atoms with Crippen molar-refractivity contribution in [1.29, 1.82) is 0 Å². The molecule has 5 heterocycles. The quantitative estimate of drug-likeness (QED) is 0.567. The number of aromatic nitrogens is 4. The number of carbonyl (C=O) groups is 1. The number of piperazine rings is 1. The van der Waals surface area contributed by atoms with E-state index in [1.807, 2.05) is 54.7 Å². The van der Waals surface area contributed by atoms with Gasteiger partial charge in [0.25, 0.3) is 0 Å². The van der Waals surface area contributed by atoms with Crippen LogP contribution in [0.1, 0.15) is 27.2 Å². The minimum absolute atomic E-state index is 0.152. The number of fused-ring (bicyclic) bond motifs is 3. The molecule has 2 bridgehead atoms. The zero-order valence-corrected chi connectivity index (χ0v) is 18.7. The second-order valence-corrected chi connectivity index (χ2v) is 9.55. The predicted molar refractivity (Wildman–Crippen MR) is 117 cm³/mol. The van der Waals surface area contributed by atoms with Gasteiger partial charge in [-0.3, -0.25) is 4.98 Å². The summed E-state index contributed by atoms with van der Waals surface area (Å²) < 4.78 is 8.22. The Balaban J connectivity index is 1.38. The number of likely N-dealkylation sites (tertiary alicyclic amines) is 1. The molecule has 3 aromatic rings. The van der Waals surface area contributed by atoms with Gasteiger partial charge in [0, 0.05) is 36.9 Å². The Morgan fingerprint density at radius 2 is 2.03 bits per heavy atom. The fourth-order valence-corrected chi connectivity index (χ4v) is 4.80. The molecule has 0 N–H and O–H groups in total. The lowest BCUT2D eigenvalue weighted by Gasteiger charge is -2.35. The van der Waals surface area contributed by atoms with E-state index in [4.69, 9.17) is 4.74 Å². The van der Waals surface area contributed by atoms with Crippen LogP contribution >= 0.6 is 15.9 Å². The number of amides is 1. The number of hydrogen-bond donors (Lipinski definition) is 0. The highest BCUT2D eigenvalue weighted by Crippen LogP contribution is 2.35. The van der Waals surface area contributed by atoms with Crippen molar-refractivity contribution < 1.29 is 9.53 Å². The largest absolute Gasteiger partial charge is 0.444 e. The van der Waals surface area contributed by atoms with Gasteiger partial charge in [-0.05, 0) is 55.3 Å². The topological polar surface area (TPSA) is 76.4 Å². The average Bonchev–Trinajstić information content (AvgIpc) is 3.40. The SMILES string of the molecule is CC(C)(C)OC(=O)N1C[C@@H]2C[C@H]1CN2c1cc(-n2nc(Br)c3ccncc32)ccn1. The molecule has 5 rings (SSSR count). The third kappa shape index (κ3) is 3.30. The molecule has 156 valence electrons. The highest BCUT2D eigenvalue weighted by atomic mass is 79.9. The lowest BCUT2D eigenvalue weighted by Crippen LogP contribution is -2.50. The Morgan fingerprint density at radius 1 is 1.20 bits per heavy atom. The molecule has 9 heteroatoms. The van der Waals surface area contributed by atoms with Gasteiger partial charge in [-0.2, -0.15) is 5.10 Å². The molecule has 2 atom stereocenters. The Kier molecular flexibility index (Phi) is 4.46. The summed E-state index contributed by atoms with van der Waals surface area (Å²) >= 11 is 3.53. The van der Waals surface area contributed by atoms with E-state index in [1.54, 1.807) is 12.4 Å². The number of pyridine rings is 2. The molecular formula is C21H23BrN6O2. The van der Waals surface area contributed by atoms with Gasteiger partial charge >= 0.3 is 6.09 Å². The number of hydrogen-bond acceptors (Lipinski definition) is 6. The Morgan fingerprint density at radius 3 is 2.77 bits per heavy atom. The smallest absolute Gasteiger partial charge is 0.410 e. The summed E-state index contributed by atoms with van der Waals surface area (Å²) in [4.78, 5) is 25.5. The van der Waals surface area contributed by atoms with Crippen molar-refractivity contribution in [3.05, 3.63) is 41.4 Å². The van der Waals surface area contributed by atoms with Crippen LogP contribution in [0.2, 0.25) is 0 Å².